The molecule has 0 amide bonds. The summed E-state index contributed by atoms with van der Waals surface area (Å²) in [6.45, 7) is 0. The minimum absolute atomic E-state index is 0.00164. The minimum atomic E-state index is -4.52. The molecule has 0 radical (unpaired) electrons. The molecule has 0 aliphatic carbocycles. The van der Waals surface area contributed by atoms with Crippen molar-refractivity contribution >= 4 is 5.97 Å². The van der Waals surface area contributed by atoms with E-state index in [1.165, 1.54) is 18.2 Å². The van der Waals surface area contributed by atoms with E-state index in [0.29, 0.717) is 0 Å². The first-order valence-corrected chi connectivity index (χ1v) is 5.88. The van der Waals surface area contributed by atoms with Gasteiger partial charge in [-0.1, -0.05) is 12.1 Å². The van der Waals surface area contributed by atoms with Crippen LogP contribution in [0.2, 0.25) is 0 Å². The van der Waals surface area contributed by atoms with Gasteiger partial charge in [-0.2, -0.15) is 13.2 Å². The fourth-order valence-electron chi connectivity index (χ4n) is 1.91. The lowest BCUT2D eigenvalue weighted by molar-refractivity contribution is -0.137. The van der Waals surface area contributed by atoms with Crippen LogP contribution >= 0.6 is 0 Å². The number of carbonyl (C=O) groups excluding carboxylic acids is 1. The van der Waals surface area contributed by atoms with Crippen LogP contribution in [0.3, 0.4) is 0 Å². The number of methoxy groups -OCH3 is 1. The van der Waals surface area contributed by atoms with Gasteiger partial charge in [0, 0.05) is 0 Å². The van der Waals surface area contributed by atoms with Crippen molar-refractivity contribution in [1.82, 2.24) is 0 Å². The van der Waals surface area contributed by atoms with E-state index in [9.17, 15) is 22.4 Å². The number of benzene rings is 2. The van der Waals surface area contributed by atoms with Crippen LogP contribution < -0.4 is 0 Å². The number of esters is 1. The van der Waals surface area contributed by atoms with Crippen molar-refractivity contribution in [2.45, 2.75) is 6.18 Å². The van der Waals surface area contributed by atoms with Crippen molar-refractivity contribution < 1.29 is 27.1 Å². The van der Waals surface area contributed by atoms with Crippen LogP contribution in [-0.4, -0.2) is 13.1 Å². The Morgan fingerprint density at radius 3 is 2.43 bits per heavy atom. The van der Waals surface area contributed by atoms with Crippen LogP contribution in [0.25, 0.3) is 11.1 Å². The van der Waals surface area contributed by atoms with Crippen LogP contribution in [0.15, 0.2) is 42.5 Å². The van der Waals surface area contributed by atoms with Gasteiger partial charge in [0.2, 0.25) is 0 Å². The molecule has 0 fully saturated rings. The Bertz CT molecular complexity index is 678. The number of halogens is 4. The molecular formula is C15H10F4O2. The second-order valence-electron chi connectivity index (χ2n) is 4.26. The molecule has 2 rings (SSSR count). The summed E-state index contributed by atoms with van der Waals surface area (Å²) in [6, 6.07) is 7.56. The van der Waals surface area contributed by atoms with Crippen LogP contribution in [-0.2, 0) is 10.9 Å². The maximum Gasteiger partial charge on any atom is 0.416 e. The number of alkyl halides is 3. The van der Waals surface area contributed by atoms with Gasteiger partial charge < -0.3 is 4.74 Å². The van der Waals surface area contributed by atoms with Gasteiger partial charge in [0.1, 0.15) is 5.82 Å². The average Bonchev–Trinajstić information content (AvgIpc) is 2.45. The van der Waals surface area contributed by atoms with E-state index in [-0.39, 0.29) is 16.7 Å². The largest absolute Gasteiger partial charge is 0.465 e. The summed E-state index contributed by atoms with van der Waals surface area (Å²) >= 11 is 0. The minimum Gasteiger partial charge on any atom is -0.465 e. The van der Waals surface area contributed by atoms with Crippen LogP contribution in [0.5, 0.6) is 0 Å². The van der Waals surface area contributed by atoms with Crippen molar-refractivity contribution in [3.8, 4) is 11.1 Å². The highest BCUT2D eigenvalue weighted by Crippen LogP contribution is 2.33. The molecule has 0 atom stereocenters. The average molecular weight is 298 g/mol. The Morgan fingerprint density at radius 1 is 1.10 bits per heavy atom. The zero-order valence-corrected chi connectivity index (χ0v) is 10.9. The molecule has 0 aliphatic rings. The van der Waals surface area contributed by atoms with Gasteiger partial charge >= 0.3 is 12.1 Å². The van der Waals surface area contributed by atoms with Crippen molar-refractivity contribution in [2.75, 3.05) is 7.11 Å². The number of rotatable bonds is 2. The SMILES string of the molecule is COC(=O)c1ccc(F)cc1-c1cccc(C(F)(F)F)c1. The van der Waals surface area contributed by atoms with E-state index < -0.39 is 23.5 Å². The molecule has 0 spiro atoms. The summed E-state index contributed by atoms with van der Waals surface area (Å²) in [7, 11) is 1.14. The highest BCUT2D eigenvalue weighted by molar-refractivity contribution is 5.97. The lowest BCUT2D eigenvalue weighted by Crippen LogP contribution is -2.06. The van der Waals surface area contributed by atoms with Gasteiger partial charge in [-0.3, -0.25) is 0 Å². The monoisotopic (exact) mass is 298 g/mol. The molecule has 0 aliphatic heterocycles. The second kappa shape index (κ2) is 5.55. The fourth-order valence-corrected chi connectivity index (χ4v) is 1.91. The summed E-state index contributed by atoms with van der Waals surface area (Å²) in [5.74, 6) is -1.41. The van der Waals surface area contributed by atoms with Crippen molar-refractivity contribution in [3.05, 3.63) is 59.4 Å². The van der Waals surface area contributed by atoms with Gasteiger partial charge in [0.25, 0.3) is 0 Å². The predicted molar refractivity (Wildman–Crippen MR) is 68.2 cm³/mol. The van der Waals surface area contributed by atoms with E-state index >= 15 is 0 Å². The van der Waals surface area contributed by atoms with Gasteiger partial charge in [0.15, 0.2) is 0 Å². The molecule has 6 heteroatoms. The summed E-state index contributed by atoms with van der Waals surface area (Å²) in [6.07, 6.45) is -4.52. The highest BCUT2D eigenvalue weighted by atomic mass is 19.4. The van der Waals surface area contributed by atoms with Gasteiger partial charge in [-0.15, -0.1) is 0 Å². The van der Waals surface area contributed by atoms with E-state index in [4.69, 9.17) is 0 Å². The summed E-state index contributed by atoms with van der Waals surface area (Å²) in [5, 5.41) is 0. The van der Waals surface area contributed by atoms with Crippen molar-refractivity contribution in [3.63, 3.8) is 0 Å². The van der Waals surface area contributed by atoms with E-state index in [1.54, 1.807) is 0 Å². The normalized spacial score (nSPS) is 11.3. The Balaban J connectivity index is 2.61. The molecule has 0 saturated carbocycles. The Kier molecular flexibility index (Phi) is 3.97. The molecule has 0 N–H and O–H groups in total. The quantitative estimate of drug-likeness (QED) is 0.610. The standard InChI is InChI=1S/C15H10F4O2/c1-21-14(20)12-6-5-11(16)8-13(12)9-3-2-4-10(7-9)15(17,18)19/h2-8H,1H3. The first-order valence-electron chi connectivity index (χ1n) is 5.88. The molecule has 0 aromatic heterocycles. The first kappa shape index (κ1) is 15.0. The third kappa shape index (κ3) is 3.21. The second-order valence-corrected chi connectivity index (χ2v) is 4.26. The number of hydrogen-bond acceptors (Lipinski definition) is 2. The number of hydrogen-bond donors (Lipinski definition) is 0. The molecule has 110 valence electrons. The molecule has 21 heavy (non-hydrogen) atoms. The molecule has 0 bridgehead atoms. The molecule has 0 heterocycles. The van der Waals surface area contributed by atoms with Crippen molar-refractivity contribution in [1.29, 1.82) is 0 Å². The number of ether oxygens (including phenoxy) is 1. The van der Waals surface area contributed by atoms with Crippen LogP contribution in [0.4, 0.5) is 17.6 Å². The zero-order valence-electron chi connectivity index (χ0n) is 10.9. The number of carbonyl (C=O) groups is 1. The maximum absolute atomic E-state index is 13.4. The topological polar surface area (TPSA) is 26.3 Å². The van der Waals surface area contributed by atoms with Gasteiger partial charge in [0.05, 0.1) is 18.2 Å². The molecule has 2 aromatic carbocycles. The fraction of sp³-hybridized carbons (Fsp3) is 0.133. The maximum atomic E-state index is 13.4. The van der Waals surface area contributed by atoms with Gasteiger partial charge in [-0.05, 0) is 41.5 Å². The summed E-state index contributed by atoms with van der Waals surface area (Å²) in [5.41, 5.74) is -0.740. The smallest absolute Gasteiger partial charge is 0.416 e. The lowest BCUT2D eigenvalue weighted by Gasteiger charge is -2.11. The molecular weight excluding hydrogens is 288 g/mol. The zero-order chi connectivity index (χ0) is 15.6. The molecule has 2 aromatic rings. The van der Waals surface area contributed by atoms with E-state index in [2.05, 4.69) is 4.74 Å². The summed E-state index contributed by atoms with van der Waals surface area (Å²) < 4.78 is 56.1. The lowest BCUT2D eigenvalue weighted by atomic mass is 9.98. The van der Waals surface area contributed by atoms with E-state index in [1.807, 2.05) is 0 Å². The van der Waals surface area contributed by atoms with E-state index in [0.717, 1.165) is 31.4 Å². The molecule has 2 nitrogen and oxygen atoms in total. The van der Waals surface area contributed by atoms with Crippen molar-refractivity contribution in [2.24, 2.45) is 0 Å². The van der Waals surface area contributed by atoms with Gasteiger partial charge in [-0.25, -0.2) is 9.18 Å². The summed E-state index contributed by atoms with van der Waals surface area (Å²) in [4.78, 5) is 11.6. The predicted octanol–water partition coefficient (Wildman–Crippen LogP) is 4.30. The Hall–Kier alpha value is -2.37. The van der Waals surface area contributed by atoms with Crippen LogP contribution in [0, 0.1) is 5.82 Å². The molecule has 0 saturated heterocycles. The van der Waals surface area contributed by atoms with Crippen LogP contribution in [0.1, 0.15) is 15.9 Å². The molecule has 0 unspecified atom stereocenters. The Labute approximate surface area is 118 Å². The Morgan fingerprint density at radius 2 is 1.81 bits per heavy atom. The third-order valence-electron chi connectivity index (χ3n) is 2.89. The highest BCUT2D eigenvalue weighted by Gasteiger charge is 2.30. The first-order chi connectivity index (χ1) is 9.82. The third-order valence-corrected chi connectivity index (χ3v) is 2.89.